The molecule has 0 radical (unpaired) electrons. The van der Waals surface area contributed by atoms with Crippen molar-refractivity contribution in [2.45, 2.75) is 52.3 Å². The van der Waals surface area contributed by atoms with Crippen LogP contribution in [0.3, 0.4) is 0 Å². The zero-order valence-electron chi connectivity index (χ0n) is 13.5. The molecule has 0 spiro atoms. The zero-order chi connectivity index (χ0) is 15.9. The van der Waals surface area contributed by atoms with Gasteiger partial charge in [-0.3, -0.25) is 9.69 Å². The monoisotopic (exact) mass is 323 g/mol. The van der Waals surface area contributed by atoms with E-state index in [4.69, 9.17) is 0 Å². The van der Waals surface area contributed by atoms with Crippen LogP contribution in [0.5, 0.6) is 0 Å². The Morgan fingerprint density at radius 3 is 2.64 bits per heavy atom. The number of nitrogens with zero attached hydrogens (tertiary/aromatic N) is 2. The van der Waals surface area contributed by atoms with Crippen LogP contribution in [0.2, 0.25) is 0 Å². The van der Waals surface area contributed by atoms with Gasteiger partial charge >= 0.3 is 0 Å². The highest BCUT2D eigenvalue weighted by molar-refractivity contribution is 7.11. The van der Waals surface area contributed by atoms with Crippen molar-refractivity contribution in [3.63, 3.8) is 0 Å². The van der Waals surface area contributed by atoms with Crippen molar-refractivity contribution in [2.24, 2.45) is 11.8 Å². The second kappa shape index (κ2) is 6.26. The normalized spacial score (nSPS) is 32.0. The molecule has 3 rings (SSSR count). The van der Waals surface area contributed by atoms with E-state index in [1.54, 1.807) is 11.3 Å². The van der Waals surface area contributed by atoms with Gasteiger partial charge in [0, 0.05) is 24.9 Å². The molecule has 0 aromatic carbocycles. The number of amides is 1. The van der Waals surface area contributed by atoms with E-state index >= 15 is 0 Å². The number of hydrogen-bond donors (Lipinski definition) is 2. The number of carbonyl (C=O) groups excluding carboxylic acids is 1. The lowest BCUT2D eigenvalue weighted by molar-refractivity contribution is -0.121. The Labute approximate surface area is 135 Å². The maximum atomic E-state index is 11.2. The first-order chi connectivity index (χ1) is 10.4. The van der Waals surface area contributed by atoms with Crippen LogP contribution in [0.25, 0.3) is 0 Å². The lowest BCUT2D eigenvalue weighted by Gasteiger charge is -2.35. The van der Waals surface area contributed by atoms with E-state index in [1.165, 1.54) is 16.8 Å². The van der Waals surface area contributed by atoms with Gasteiger partial charge in [-0.1, -0.05) is 0 Å². The summed E-state index contributed by atoms with van der Waals surface area (Å²) >= 11 is 1.78. The second-order valence-electron chi connectivity index (χ2n) is 6.81. The first-order valence-corrected chi connectivity index (χ1v) is 8.84. The van der Waals surface area contributed by atoms with Gasteiger partial charge in [-0.25, -0.2) is 4.98 Å². The highest BCUT2D eigenvalue weighted by Crippen LogP contribution is 2.37. The molecule has 1 saturated carbocycles. The molecule has 5 nitrogen and oxygen atoms in total. The van der Waals surface area contributed by atoms with Crippen molar-refractivity contribution in [3.05, 3.63) is 15.6 Å². The number of fused-ring (bicyclic) bond motifs is 1. The van der Waals surface area contributed by atoms with Crippen LogP contribution in [0.4, 0.5) is 0 Å². The summed E-state index contributed by atoms with van der Waals surface area (Å²) in [6, 6.07) is -0.0805. The molecule has 0 unspecified atom stereocenters. The van der Waals surface area contributed by atoms with Gasteiger partial charge in [0.2, 0.25) is 5.91 Å². The molecule has 122 valence electrons. The molecule has 2 heterocycles. The van der Waals surface area contributed by atoms with Crippen molar-refractivity contribution in [2.75, 3.05) is 13.1 Å². The molecule has 6 heteroatoms. The van der Waals surface area contributed by atoms with Crippen LogP contribution in [0.15, 0.2) is 0 Å². The molecule has 1 aromatic rings. The van der Waals surface area contributed by atoms with Crippen molar-refractivity contribution >= 4 is 17.2 Å². The molecule has 1 aliphatic heterocycles. The molecule has 1 saturated heterocycles. The Balaban J connectivity index is 1.60. The first-order valence-electron chi connectivity index (χ1n) is 8.02. The molecule has 22 heavy (non-hydrogen) atoms. The van der Waals surface area contributed by atoms with Gasteiger partial charge < -0.3 is 10.4 Å². The molecule has 1 aromatic heterocycles. The summed E-state index contributed by atoms with van der Waals surface area (Å²) in [5, 5.41) is 14.3. The SMILES string of the molecule is CC(=O)N[C@@H]1C[C@@H]2CN(Cc3nc(C)c(C)s3)C[C@@H]2C[C@H]1O. The van der Waals surface area contributed by atoms with Gasteiger partial charge in [0.05, 0.1) is 24.4 Å². The van der Waals surface area contributed by atoms with E-state index in [9.17, 15) is 9.90 Å². The van der Waals surface area contributed by atoms with Crippen molar-refractivity contribution in [3.8, 4) is 0 Å². The molecule has 2 N–H and O–H groups in total. The summed E-state index contributed by atoms with van der Waals surface area (Å²) in [5.41, 5.74) is 1.14. The maximum absolute atomic E-state index is 11.2. The lowest BCUT2D eigenvalue weighted by Crippen LogP contribution is -2.48. The Morgan fingerprint density at radius 2 is 2.05 bits per heavy atom. The quantitative estimate of drug-likeness (QED) is 0.884. The molecule has 2 fully saturated rings. The first kappa shape index (κ1) is 15.9. The standard InChI is InChI=1S/C16H25N3O2S/c1-9-10(2)22-16(17-9)8-19-6-12-4-14(18-11(3)20)15(21)5-13(12)7-19/h12-15,21H,4-8H2,1-3H3,(H,18,20)/t12-,13+,14-,15-/m1/s1. The van der Waals surface area contributed by atoms with E-state index in [0.717, 1.165) is 38.2 Å². The molecular formula is C16H25N3O2S. The number of aliphatic hydroxyl groups is 1. The van der Waals surface area contributed by atoms with E-state index in [0.29, 0.717) is 11.8 Å². The number of nitrogens with one attached hydrogen (secondary N) is 1. The van der Waals surface area contributed by atoms with Gasteiger partial charge in [-0.15, -0.1) is 11.3 Å². The highest BCUT2D eigenvalue weighted by atomic mass is 32.1. The number of hydrogen-bond acceptors (Lipinski definition) is 5. The number of aryl methyl sites for hydroxylation is 2. The van der Waals surface area contributed by atoms with Crippen LogP contribution in [-0.2, 0) is 11.3 Å². The van der Waals surface area contributed by atoms with E-state index in [2.05, 4.69) is 29.0 Å². The fourth-order valence-corrected chi connectivity index (χ4v) is 4.85. The second-order valence-corrected chi connectivity index (χ2v) is 8.10. The van der Waals surface area contributed by atoms with E-state index in [-0.39, 0.29) is 11.9 Å². The smallest absolute Gasteiger partial charge is 0.217 e. The molecule has 1 amide bonds. The van der Waals surface area contributed by atoms with Crippen LogP contribution in [0, 0.1) is 25.7 Å². The number of thiazole rings is 1. The molecule has 0 bridgehead atoms. The Bertz CT molecular complexity index is 540. The molecular weight excluding hydrogens is 298 g/mol. The molecule has 1 aliphatic carbocycles. The van der Waals surface area contributed by atoms with Crippen molar-refractivity contribution in [1.29, 1.82) is 0 Å². The highest BCUT2D eigenvalue weighted by Gasteiger charge is 2.41. The summed E-state index contributed by atoms with van der Waals surface area (Å²) in [4.78, 5) is 19.6. The molecule has 4 atom stereocenters. The predicted molar refractivity (Wildman–Crippen MR) is 86.7 cm³/mol. The Kier molecular flexibility index (Phi) is 4.52. The number of likely N-dealkylation sites (tertiary alicyclic amines) is 1. The Hall–Kier alpha value is -0.980. The lowest BCUT2D eigenvalue weighted by atomic mass is 9.77. The van der Waals surface area contributed by atoms with E-state index < -0.39 is 6.10 Å². The van der Waals surface area contributed by atoms with Crippen molar-refractivity contribution in [1.82, 2.24) is 15.2 Å². The average molecular weight is 323 g/mol. The summed E-state index contributed by atoms with van der Waals surface area (Å²) in [6.45, 7) is 8.69. The van der Waals surface area contributed by atoms with Crippen LogP contribution in [-0.4, -0.2) is 46.1 Å². The van der Waals surface area contributed by atoms with Crippen LogP contribution in [0.1, 0.15) is 35.3 Å². The van der Waals surface area contributed by atoms with Crippen LogP contribution >= 0.6 is 11.3 Å². The van der Waals surface area contributed by atoms with Gasteiger partial charge in [-0.2, -0.15) is 0 Å². The zero-order valence-corrected chi connectivity index (χ0v) is 14.3. The predicted octanol–water partition coefficient (Wildman–Crippen LogP) is 1.47. The summed E-state index contributed by atoms with van der Waals surface area (Å²) in [7, 11) is 0. The summed E-state index contributed by atoms with van der Waals surface area (Å²) in [5.74, 6) is 1.07. The minimum Gasteiger partial charge on any atom is -0.391 e. The summed E-state index contributed by atoms with van der Waals surface area (Å²) in [6.07, 6.45) is 1.27. The molecule has 2 aliphatic rings. The number of rotatable bonds is 3. The third-order valence-electron chi connectivity index (χ3n) is 5.04. The number of carbonyl (C=O) groups is 1. The van der Waals surface area contributed by atoms with E-state index in [1.807, 2.05) is 0 Å². The van der Waals surface area contributed by atoms with Crippen LogP contribution < -0.4 is 5.32 Å². The minimum absolute atomic E-state index is 0.0499. The summed E-state index contributed by atoms with van der Waals surface area (Å²) < 4.78 is 0. The topological polar surface area (TPSA) is 65.5 Å². The third kappa shape index (κ3) is 3.34. The minimum atomic E-state index is -0.408. The van der Waals surface area contributed by atoms with Gasteiger partial charge in [0.15, 0.2) is 0 Å². The fourth-order valence-electron chi connectivity index (χ4n) is 3.87. The third-order valence-corrected chi connectivity index (χ3v) is 6.10. The number of aliphatic hydroxyl groups excluding tert-OH is 1. The average Bonchev–Trinajstić information content (AvgIpc) is 2.93. The maximum Gasteiger partial charge on any atom is 0.217 e. The Morgan fingerprint density at radius 1 is 1.36 bits per heavy atom. The number of aromatic nitrogens is 1. The van der Waals surface area contributed by atoms with Crippen molar-refractivity contribution < 1.29 is 9.90 Å². The van der Waals surface area contributed by atoms with Gasteiger partial charge in [0.1, 0.15) is 5.01 Å². The van der Waals surface area contributed by atoms with Gasteiger partial charge in [0.25, 0.3) is 0 Å². The fraction of sp³-hybridized carbons (Fsp3) is 0.750. The largest absolute Gasteiger partial charge is 0.391 e. The van der Waals surface area contributed by atoms with Gasteiger partial charge in [-0.05, 0) is 38.5 Å².